The van der Waals surface area contributed by atoms with Gasteiger partial charge in [-0.1, -0.05) is 22.0 Å². The molecule has 1 N–H and O–H groups in total. The molecule has 0 aliphatic carbocycles. The molecule has 5 heteroatoms. The molecule has 0 bridgehead atoms. The Labute approximate surface area is 120 Å². The Balaban J connectivity index is 1.84. The number of carbonyl (C=O) groups is 1. The lowest BCUT2D eigenvalue weighted by molar-refractivity contribution is -0.117. The second-order valence-electron chi connectivity index (χ2n) is 4.31. The van der Waals surface area contributed by atoms with E-state index in [1.807, 2.05) is 48.3 Å². The molecule has 0 saturated carbocycles. The first-order chi connectivity index (χ1) is 9.13. The predicted molar refractivity (Wildman–Crippen MR) is 77.8 cm³/mol. The number of carbonyl (C=O) groups excluding carboxylic acids is 1. The molecule has 0 atom stereocenters. The molecule has 1 amide bonds. The Morgan fingerprint density at radius 2 is 2.21 bits per heavy atom. The van der Waals surface area contributed by atoms with Crippen LogP contribution >= 0.6 is 15.9 Å². The molecule has 0 radical (unpaired) electrons. The second kappa shape index (κ2) is 6.54. The van der Waals surface area contributed by atoms with Crippen LogP contribution in [0.5, 0.6) is 0 Å². The molecule has 1 aromatic heterocycles. The Kier molecular flexibility index (Phi) is 4.76. The third kappa shape index (κ3) is 4.54. The molecule has 0 unspecified atom stereocenters. The fourth-order valence-corrected chi connectivity index (χ4v) is 2.14. The lowest BCUT2D eigenvalue weighted by atomic mass is 10.3. The number of hydrogen-bond donors (Lipinski definition) is 1. The maximum Gasteiger partial charge on any atom is 0.238 e. The maximum absolute atomic E-state index is 11.9. The summed E-state index contributed by atoms with van der Waals surface area (Å²) in [5.41, 5.74) is 0.783. The number of benzene rings is 1. The van der Waals surface area contributed by atoms with E-state index in [0.717, 1.165) is 15.9 Å². The van der Waals surface area contributed by atoms with Gasteiger partial charge >= 0.3 is 0 Å². The van der Waals surface area contributed by atoms with Crippen molar-refractivity contribution in [3.63, 3.8) is 0 Å². The summed E-state index contributed by atoms with van der Waals surface area (Å²) in [6.07, 6.45) is 1.63. The number of anilines is 1. The molecule has 0 spiro atoms. The summed E-state index contributed by atoms with van der Waals surface area (Å²) in [5, 5.41) is 2.85. The minimum Gasteiger partial charge on any atom is -0.468 e. The summed E-state index contributed by atoms with van der Waals surface area (Å²) < 4.78 is 6.18. The Morgan fingerprint density at radius 3 is 2.89 bits per heavy atom. The standard InChI is InChI=1S/C14H15BrN2O2/c1-17(9-13-6-3-7-19-13)10-14(18)16-12-5-2-4-11(15)8-12/h2-8H,9-10H2,1H3,(H,16,18). The number of likely N-dealkylation sites (N-methyl/N-ethyl adjacent to an activating group) is 1. The van der Waals surface area contributed by atoms with Gasteiger partial charge in [-0.2, -0.15) is 0 Å². The van der Waals surface area contributed by atoms with E-state index in [4.69, 9.17) is 4.42 Å². The number of rotatable bonds is 5. The van der Waals surface area contributed by atoms with Gasteiger partial charge in [-0.3, -0.25) is 9.69 Å². The molecule has 0 fully saturated rings. The predicted octanol–water partition coefficient (Wildman–Crippen LogP) is 3.11. The zero-order chi connectivity index (χ0) is 13.7. The van der Waals surface area contributed by atoms with E-state index >= 15 is 0 Å². The van der Waals surface area contributed by atoms with E-state index in [0.29, 0.717) is 13.1 Å². The molecule has 19 heavy (non-hydrogen) atoms. The van der Waals surface area contributed by atoms with Gasteiger partial charge in [0, 0.05) is 10.2 Å². The zero-order valence-corrected chi connectivity index (χ0v) is 12.2. The van der Waals surface area contributed by atoms with Gasteiger partial charge in [0.2, 0.25) is 5.91 Å². The molecule has 0 aliphatic heterocycles. The molecule has 2 aromatic rings. The van der Waals surface area contributed by atoms with Gasteiger partial charge in [-0.25, -0.2) is 0 Å². The van der Waals surface area contributed by atoms with Crippen LogP contribution in [-0.2, 0) is 11.3 Å². The molecule has 0 saturated heterocycles. The van der Waals surface area contributed by atoms with Gasteiger partial charge in [0.15, 0.2) is 0 Å². The van der Waals surface area contributed by atoms with Gasteiger partial charge in [-0.15, -0.1) is 0 Å². The van der Waals surface area contributed by atoms with Crippen molar-refractivity contribution < 1.29 is 9.21 Å². The van der Waals surface area contributed by atoms with E-state index in [2.05, 4.69) is 21.2 Å². The fraction of sp³-hybridized carbons (Fsp3) is 0.214. The summed E-state index contributed by atoms with van der Waals surface area (Å²) in [6.45, 7) is 0.923. The third-order valence-electron chi connectivity index (χ3n) is 2.53. The third-order valence-corrected chi connectivity index (χ3v) is 3.02. The molecule has 2 rings (SSSR count). The summed E-state index contributed by atoms with van der Waals surface area (Å²) >= 11 is 3.37. The summed E-state index contributed by atoms with van der Waals surface area (Å²) in [7, 11) is 1.88. The minimum absolute atomic E-state index is 0.0489. The first-order valence-corrected chi connectivity index (χ1v) is 6.69. The number of amides is 1. The van der Waals surface area contributed by atoms with Crippen molar-refractivity contribution in [3.05, 3.63) is 52.9 Å². The second-order valence-corrected chi connectivity index (χ2v) is 5.23. The Morgan fingerprint density at radius 1 is 1.37 bits per heavy atom. The lowest BCUT2D eigenvalue weighted by Crippen LogP contribution is -2.29. The van der Waals surface area contributed by atoms with Crippen LogP contribution in [-0.4, -0.2) is 24.4 Å². The maximum atomic E-state index is 11.9. The number of nitrogens with zero attached hydrogens (tertiary/aromatic N) is 1. The highest BCUT2D eigenvalue weighted by Gasteiger charge is 2.08. The highest BCUT2D eigenvalue weighted by Crippen LogP contribution is 2.15. The van der Waals surface area contributed by atoms with Crippen molar-refractivity contribution in [3.8, 4) is 0 Å². The van der Waals surface area contributed by atoms with Crippen molar-refractivity contribution in [1.82, 2.24) is 4.90 Å². The zero-order valence-electron chi connectivity index (χ0n) is 10.6. The SMILES string of the molecule is CN(CC(=O)Nc1cccc(Br)c1)Cc1ccco1. The molecule has 1 heterocycles. The number of furan rings is 1. The topological polar surface area (TPSA) is 45.5 Å². The minimum atomic E-state index is -0.0489. The molecule has 100 valence electrons. The number of halogens is 1. The van der Waals surface area contributed by atoms with E-state index in [1.165, 1.54) is 0 Å². The normalized spacial score (nSPS) is 10.7. The first-order valence-electron chi connectivity index (χ1n) is 5.90. The molecular weight excluding hydrogens is 308 g/mol. The number of nitrogens with one attached hydrogen (secondary N) is 1. The van der Waals surface area contributed by atoms with Crippen LogP contribution in [0.1, 0.15) is 5.76 Å². The summed E-state index contributed by atoms with van der Waals surface area (Å²) in [6, 6.07) is 11.2. The van der Waals surface area contributed by atoms with Crippen LogP contribution in [0.25, 0.3) is 0 Å². The van der Waals surface area contributed by atoms with Gasteiger partial charge in [0.25, 0.3) is 0 Å². The van der Waals surface area contributed by atoms with Crippen molar-refractivity contribution in [2.24, 2.45) is 0 Å². The Hall–Kier alpha value is -1.59. The lowest BCUT2D eigenvalue weighted by Gasteiger charge is -2.14. The quantitative estimate of drug-likeness (QED) is 0.920. The average Bonchev–Trinajstić information content (AvgIpc) is 2.81. The van der Waals surface area contributed by atoms with Crippen LogP contribution < -0.4 is 5.32 Å². The van der Waals surface area contributed by atoms with E-state index in [9.17, 15) is 4.79 Å². The van der Waals surface area contributed by atoms with Crippen LogP contribution in [0.2, 0.25) is 0 Å². The van der Waals surface area contributed by atoms with Crippen molar-refractivity contribution >= 4 is 27.5 Å². The van der Waals surface area contributed by atoms with E-state index in [1.54, 1.807) is 6.26 Å². The van der Waals surface area contributed by atoms with Gasteiger partial charge in [0.1, 0.15) is 5.76 Å². The highest BCUT2D eigenvalue weighted by molar-refractivity contribution is 9.10. The summed E-state index contributed by atoms with van der Waals surface area (Å²) in [5.74, 6) is 0.796. The molecular formula is C14H15BrN2O2. The number of hydrogen-bond acceptors (Lipinski definition) is 3. The van der Waals surface area contributed by atoms with Crippen LogP contribution in [0.3, 0.4) is 0 Å². The van der Waals surface area contributed by atoms with Crippen molar-refractivity contribution in [2.75, 3.05) is 18.9 Å². The highest BCUT2D eigenvalue weighted by atomic mass is 79.9. The van der Waals surface area contributed by atoms with Gasteiger partial charge < -0.3 is 9.73 Å². The van der Waals surface area contributed by atoms with Gasteiger partial charge in [-0.05, 0) is 37.4 Å². The molecule has 4 nitrogen and oxygen atoms in total. The smallest absolute Gasteiger partial charge is 0.238 e. The van der Waals surface area contributed by atoms with Crippen LogP contribution in [0, 0.1) is 0 Å². The van der Waals surface area contributed by atoms with Crippen LogP contribution in [0.15, 0.2) is 51.6 Å². The van der Waals surface area contributed by atoms with Crippen molar-refractivity contribution in [2.45, 2.75) is 6.54 Å². The first kappa shape index (κ1) is 13.8. The largest absolute Gasteiger partial charge is 0.468 e. The molecule has 1 aromatic carbocycles. The van der Waals surface area contributed by atoms with E-state index < -0.39 is 0 Å². The van der Waals surface area contributed by atoms with Crippen molar-refractivity contribution in [1.29, 1.82) is 0 Å². The Bertz CT molecular complexity index is 540. The molecule has 0 aliphatic rings. The monoisotopic (exact) mass is 322 g/mol. The summed E-state index contributed by atoms with van der Waals surface area (Å²) in [4.78, 5) is 13.8. The van der Waals surface area contributed by atoms with Gasteiger partial charge in [0.05, 0.1) is 19.4 Å². The average molecular weight is 323 g/mol. The van der Waals surface area contributed by atoms with E-state index in [-0.39, 0.29) is 5.91 Å². The fourth-order valence-electron chi connectivity index (χ4n) is 1.74. The van der Waals surface area contributed by atoms with Crippen LogP contribution in [0.4, 0.5) is 5.69 Å².